The third-order valence-corrected chi connectivity index (χ3v) is 6.59. The number of hydrogen-bond donors (Lipinski definition) is 0. The van der Waals surface area contributed by atoms with Gasteiger partial charge >= 0.3 is 5.97 Å². The molecule has 8 nitrogen and oxygen atoms in total. The number of hydrogen-bond acceptors (Lipinski definition) is 8. The fourth-order valence-electron chi connectivity index (χ4n) is 3.79. The van der Waals surface area contributed by atoms with E-state index in [0.29, 0.717) is 28.0 Å². The molecular weight excluding hydrogens is 462 g/mol. The van der Waals surface area contributed by atoms with E-state index >= 15 is 0 Å². The van der Waals surface area contributed by atoms with Crippen LogP contribution in [0, 0.1) is 0 Å². The lowest BCUT2D eigenvalue weighted by atomic mass is 10.1. The van der Waals surface area contributed by atoms with Crippen molar-refractivity contribution >= 4 is 35.2 Å². The van der Waals surface area contributed by atoms with E-state index < -0.39 is 5.97 Å². The number of thioether (sulfide) groups is 1. The summed E-state index contributed by atoms with van der Waals surface area (Å²) in [7, 11) is 1.63. The molecule has 4 rings (SSSR count). The van der Waals surface area contributed by atoms with Gasteiger partial charge in [0.1, 0.15) is 5.75 Å². The highest BCUT2D eigenvalue weighted by atomic mass is 32.2. The van der Waals surface area contributed by atoms with Gasteiger partial charge in [-0.15, -0.1) is 10.2 Å². The highest BCUT2D eigenvalue weighted by molar-refractivity contribution is 7.99. The van der Waals surface area contributed by atoms with E-state index in [1.165, 1.54) is 11.8 Å². The summed E-state index contributed by atoms with van der Waals surface area (Å²) < 4.78 is 12.3. The summed E-state index contributed by atoms with van der Waals surface area (Å²) in [4.78, 5) is 15.2. The summed E-state index contributed by atoms with van der Waals surface area (Å²) in [6, 6.07) is 15.7. The SMILES string of the molecule is CCOC(=O)/C(=C\c1ccc(N(CC)CC)cc1)C1=Nn2c(nnc2-c2ccc(OC)cc2)SC1. The maximum atomic E-state index is 12.9. The lowest BCUT2D eigenvalue weighted by Crippen LogP contribution is -2.22. The maximum absolute atomic E-state index is 12.9. The normalized spacial score (nSPS) is 13.1. The van der Waals surface area contributed by atoms with Crippen molar-refractivity contribution < 1.29 is 14.3 Å². The topological polar surface area (TPSA) is 81.8 Å². The lowest BCUT2D eigenvalue weighted by molar-refractivity contribution is -0.137. The van der Waals surface area contributed by atoms with Crippen molar-refractivity contribution in [3.05, 3.63) is 59.7 Å². The molecule has 0 atom stereocenters. The molecule has 2 aromatic carbocycles. The molecule has 0 fully saturated rings. The zero-order chi connectivity index (χ0) is 24.8. The molecule has 0 saturated carbocycles. The van der Waals surface area contributed by atoms with Crippen LogP contribution in [-0.4, -0.2) is 59.1 Å². The molecule has 0 radical (unpaired) electrons. The molecule has 0 spiro atoms. The number of anilines is 1. The zero-order valence-corrected chi connectivity index (χ0v) is 21.2. The smallest absolute Gasteiger partial charge is 0.340 e. The molecule has 0 N–H and O–H groups in total. The first-order valence-electron chi connectivity index (χ1n) is 11.6. The summed E-state index contributed by atoms with van der Waals surface area (Å²) in [5.74, 6) is 1.44. The number of benzene rings is 2. The molecule has 0 saturated heterocycles. The average Bonchev–Trinajstić information content (AvgIpc) is 3.32. The van der Waals surface area contributed by atoms with Crippen LogP contribution in [-0.2, 0) is 9.53 Å². The second-order valence-electron chi connectivity index (χ2n) is 7.72. The predicted octanol–water partition coefficient (Wildman–Crippen LogP) is 4.76. The third-order valence-electron chi connectivity index (χ3n) is 5.66. The Balaban J connectivity index is 1.71. The molecule has 0 aliphatic carbocycles. The van der Waals surface area contributed by atoms with Gasteiger partial charge in [-0.2, -0.15) is 9.78 Å². The largest absolute Gasteiger partial charge is 0.497 e. The standard InChI is InChI=1S/C26H29N5O3S/c1-5-30(6-2)20-12-8-18(9-13-20)16-22(25(32)34-7-3)23-17-35-26-28-27-24(31(26)29-23)19-10-14-21(33-4)15-11-19/h8-16H,5-7,17H2,1-4H3/b22-16-. The summed E-state index contributed by atoms with van der Waals surface area (Å²) in [5, 5.41) is 14.1. The summed E-state index contributed by atoms with van der Waals surface area (Å²) in [5.41, 5.74) is 3.94. The Hall–Kier alpha value is -3.59. The number of esters is 1. The van der Waals surface area contributed by atoms with Gasteiger partial charge in [-0.05, 0) is 68.8 Å². The van der Waals surface area contributed by atoms with E-state index in [4.69, 9.17) is 14.6 Å². The Labute approximate surface area is 209 Å². The summed E-state index contributed by atoms with van der Waals surface area (Å²) >= 11 is 1.49. The Morgan fingerprint density at radius 3 is 2.40 bits per heavy atom. The number of nitrogens with zero attached hydrogens (tertiary/aromatic N) is 5. The van der Waals surface area contributed by atoms with Gasteiger partial charge in [-0.3, -0.25) is 0 Å². The van der Waals surface area contributed by atoms with Gasteiger partial charge in [0, 0.05) is 30.1 Å². The van der Waals surface area contributed by atoms with Crippen LogP contribution in [0.4, 0.5) is 5.69 Å². The van der Waals surface area contributed by atoms with Crippen LogP contribution < -0.4 is 9.64 Å². The molecule has 35 heavy (non-hydrogen) atoms. The van der Waals surface area contributed by atoms with Crippen LogP contribution in [0.15, 0.2) is 64.4 Å². The number of rotatable bonds is 9. The molecule has 3 aromatic rings. The number of carbonyl (C=O) groups excluding carboxylic acids is 1. The van der Waals surface area contributed by atoms with Gasteiger partial charge in [-0.25, -0.2) is 4.79 Å². The lowest BCUT2D eigenvalue weighted by Gasteiger charge is -2.21. The van der Waals surface area contributed by atoms with Crippen molar-refractivity contribution in [1.29, 1.82) is 0 Å². The van der Waals surface area contributed by atoms with E-state index in [-0.39, 0.29) is 6.61 Å². The number of aromatic nitrogens is 3. The fraction of sp³-hybridized carbons (Fsp3) is 0.308. The summed E-state index contributed by atoms with van der Waals surface area (Å²) in [6.07, 6.45) is 1.84. The highest BCUT2D eigenvalue weighted by Gasteiger charge is 2.25. The van der Waals surface area contributed by atoms with Crippen LogP contribution in [0.5, 0.6) is 5.75 Å². The van der Waals surface area contributed by atoms with Crippen LogP contribution in [0.2, 0.25) is 0 Å². The molecular formula is C26H29N5O3S. The van der Waals surface area contributed by atoms with Crippen molar-refractivity contribution in [3.63, 3.8) is 0 Å². The Morgan fingerprint density at radius 1 is 1.06 bits per heavy atom. The molecule has 1 aliphatic heterocycles. The Kier molecular flexibility index (Phi) is 7.87. The van der Waals surface area contributed by atoms with Crippen LogP contribution >= 0.6 is 11.8 Å². The molecule has 0 amide bonds. The average molecular weight is 492 g/mol. The molecule has 0 unspecified atom stereocenters. The van der Waals surface area contributed by atoms with Gasteiger partial charge in [0.05, 0.1) is 25.0 Å². The number of carbonyl (C=O) groups is 1. The van der Waals surface area contributed by atoms with E-state index in [2.05, 4.69) is 41.1 Å². The van der Waals surface area contributed by atoms with E-state index in [0.717, 1.165) is 35.7 Å². The minimum Gasteiger partial charge on any atom is -0.497 e. The monoisotopic (exact) mass is 491 g/mol. The van der Waals surface area contributed by atoms with Gasteiger partial charge in [0.2, 0.25) is 5.16 Å². The van der Waals surface area contributed by atoms with Gasteiger partial charge in [0.15, 0.2) is 5.82 Å². The van der Waals surface area contributed by atoms with Gasteiger partial charge < -0.3 is 14.4 Å². The van der Waals surface area contributed by atoms with Gasteiger partial charge in [-0.1, -0.05) is 23.9 Å². The van der Waals surface area contributed by atoms with E-state index in [1.54, 1.807) is 18.7 Å². The molecule has 1 aliphatic rings. The van der Waals surface area contributed by atoms with Crippen LogP contribution in [0.1, 0.15) is 26.3 Å². The van der Waals surface area contributed by atoms with E-state index in [1.807, 2.05) is 42.5 Å². The van der Waals surface area contributed by atoms with Crippen molar-refractivity contribution in [2.45, 2.75) is 25.9 Å². The highest BCUT2D eigenvalue weighted by Crippen LogP contribution is 2.30. The molecule has 182 valence electrons. The van der Waals surface area contributed by atoms with Crippen molar-refractivity contribution in [2.24, 2.45) is 5.10 Å². The van der Waals surface area contributed by atoms with Gasteiger partial charge in [0.25, 0.3) is 0 Å². The first-order valence-corrected chi connectivity index (χ1v) is 12.6. The first-order chi connectivity index (χ1) is 17.1. The fourth-order valence-corrected chi connectivity index (χ4v) is 4.61. The number of ether oxygens (including phenoxy) is 2. The minimum atomic E-state index is -0.401. The molecule has 9 heteroatoms. The number of methoxy groups -OCH3 is 1. The van der Waals surface area contributed by atoms with Crippen molar-refractivity contribution in [2.75, 3.05) is 37.5 Å². The Morgan fingerprint density at radius 2 is 1.77 bits per heavy atom. The molecule has 2 heterocycles. The van der Waals surface area contributed by atoms with E-state index in [9.17, 15) is 4.79 Å². The second-order valence-corrected chi connectivity index (χ2v) is 8.67. The molecule has 1 aromatic heterocycles. The van der Waals surface area contributed by atoms with Crippen molar-refractivity contribution in [3.8, 4) is 17.1 Å². The summed E-state index contributed by atoms with van der Waals surface area (Å²) in [6.45, 7) is 8.22. The van der Waals surface area contributed by atoms with Crippen molar-refractivity contribution in [1.82, 2.24) is 14.9 Å². The second kappa shape index (κ2) is 11.2. The van der Waals surface area contributed by atoms with Crippen LogP contribution in [0.3, 0.4) is 0 Å². The quantitative estimate of drug-likeness (QED) is 0.315. The third kappa shape index (κ3) is 5.40. The zero-order valence-electron chi connectivity index (χ0n) is 20.4. The predicted molar refractivity (Wildman–Crippen MR) is 140 cm³/mol. The molecule has 0 bridgehead atoms. The van der Waals surface area contributed by atoms with Crippen LogP contribution in [0.25, 0.3) is 17.5 Å². The number of fused-ring (bicyclic) bond motifs is 1. The first kappa shape index (κ1) is 24.5. The minimum absolute atomic E-state index is 0.284. The Bertz CT molecular complexity index is 1230. The maximum Gasteiger partial charge on any atom is 0.340 e.